The summed E-state index contributed by atoms with van der Waals surface area (Å²) < 4.78 is 15.9. The molecule has 3 aromatic rings. The normalized spacial score (nSPS) is 10.7. The van der Waals surface area contributed by atoms with Crippen LogP contribution in [0.4, 0.5) is 0 Å². The highest BCUT2D eigenvalue weighted by Gasteiger charge is 2.13. The van der Waals surface area contributed by atoms with Gasteiger partial charge in [-0.2, -0.15) is 0 Å². The van der Waals surface area contributed by atoms with Crippen LogP contribution in [0.2, 0.25) is 0 Å². The Morgan fingerprint density at radius 1 is 1.06 bits per heavy atom. The van der Waals surface area contributed by atoms with Gasteiger partial charge in [-0.05, 0) is 60.6 Å². The maximum atomic E-state index is 12.6. The molecule has 0 aliphatic rings. The van der Waals surface area contributed by atoms with Crippen molar-refractivity contribution in [1.29, 1.82) is 0 Å². The Hall–Kier alpha value is -3.30. The fourth-order valence-electron chi connectivity index (χ4n) is 3.51. The van der Waals surface area contributed by atoms with Crippen molar-refractivity contribution in [3.8, 4) is 17.2 Å². The fourth-order valence-corrected chi connectivity index (χ4v) is 3.77. The molecule has 9 heteroatoms. The van der Waals surface area contributed by atoms with E-state index in [1.807, 2.05) is 36.4 Å². The van der Waals surface area contributed by atoms with Crippen molar-refractivity contribution in [2.24, 2.45) is 0 Å². The third kappa shape index (κ3) is 6.15. The molecular weight excluding hydrogens is 442 g/mol. The van der Waals surface area contributed by atoms with Crippen LogP contribution in [-0.4, -0.2) is 61.1 Å². The van der Waals surface area contributed by atoms with Crippen LogP contribution < -0.4 is 25.1 Å². The van der Waals surface area contributed by atoms with Crippen molar-refractivity contribution >= 4 is 28.2 Å². The van der Waals surface area contributed by atoms with Crippen molar-refractivity contribution < 1.29 is 19.3 Å². The molecule has 0 amide bonds. The van der Waals surface area contributed by atoms with Crippen LogP contribution in [0.15, 0.2) is 47.3 Å². The lowest BCUT2D eigenvalue weighted by Gasteiger charge is -2.25. The summed E-state index contributed by atoms with van der Waals surface area (Å²) in [5.74, 6) is 2.06. The molecular formula is C24H29N3O5S. The summed E-state index contributed by atoms with van der Waals surface area (Å²) in [5, 5.41) is 14.1. The summed E-state index contributed by atoms with van der Waals surface area (Å²) in [5.41, 5.74) is 2.16. The van der Waals surface area contributed by atoms with E-state index in [9.17, 15) is 9.90 Å². The second-order valence-corrected chi connectivity index (χ2v) is 7.78. The number of fused-ring (bicyclic) bond motifs is 1. The minimum atomic E-state index is -0.191. The molecule has 0 aliphatic carbocycles. The van der Waals surface area contributed by atoms with Crippen molar-refractivity contribution in [3.63, 3.8) is 0 Å². The standard InChI is InChI=1S/C24H29N3O5S/c1-30-19-5-6-20-17(14-19)13-18(23(29)26-20)15-27(10-11-28)24(33)25-9-8-16-4-7-21(31-2)22(12-16)32-3/h4-7,12-14,28H,8-11,15H2,1-3H3,(H,25,33)(H,26,29). The molecule has 0 spiro atoms. The van der Waals surface area contributed by atoms with E-state index in [2.05, 4.69) is 10.3 Å². The van der Waals surface area contributed by atoms with Gasteiger partial charge in [0, 0.05) is 29.6 Å². The molecule has 0 saturated heterocycles. The van der Waals surface area contributed by atoms with Crippen LogP contribution in [0.1, 0.15) is 11.1 Å². The molecule has 0 bridgehead atoms. The Balaban J connectivity index is 1.68. The van der Waals surface area contributed by atoms with Crippen LogP contribution in [0.5, 0.6) is 17.2 Å². The largest absolute Gasteiger partial charge is 0.497 e. The lowest BCUT2D eigenvalue weighted by molar-refractivity contribution is 0.245. The number of aliphatic hydroxyl groups is 1. The summed E-state index contributed by atoms with van der Waals surface area (Å²) >= 11 is 5.55. The first-order chi connectivity index (χ1) is 16.0. The fraction of sp³-hybridized carbons (Fsp3) is 0.333. The summed E-state index contributed by atoms with van der Waals surface area (Å²) in [4.78, 5) is 17.3. The van der Waals surface area contributed by atoms with Gasteiger partial charge in [-0.1, -0.05) is 6.07 Å². The van der Waals surface area contributed by atoms with Gasteiger partial charge >= 0.3 is 0 Å². The summed E-state index contributed by atoms with van der Waals surface area (Å²) in [6.45, 7) is 1.07. The molecule has 176 valence electrons. The second kappa shape index (κ2) is 11.5. The number of aromatic nitrogens is 1. The number of hydrogen-bond acceptors (Lipinski definition) is 6. The molecule has 8 nitrogen and oxygen atoms in total. The van der Waals surface area contributed by atoms with E-state index in [0.717, 1.165) is 16.5 Å². The molecule has 0 aliphatic heterocycles. The van der Waals surface area contributed by atoms with E-state index in [-0.39, 0.29) is 18.7 Å². The molecule has 0 saturated carbocycles. The van der Waals surface area contributed by atoms with Crippen molar-refractivity contribution in [2.75, 3.05) is 41.0 Å². The first-order valence-electron chi connectivity index (χ1n) is 10.5. The first kappa shape index (κ1) is 24.3. The molecule has 33 heavy (non-hydrogen) atoms. The zero-order chi connectivity index (χ0) is 23.8. The average Bonchev–Trinajstić information content (AvgIpc) is 2.83. The Labute approximate surface area is 198 Å². The van der Waals surface area contributed by atoms with Gasteiger partial charge in [-0.25, -0.2) is 0 Å². The third-order valence-corrected chi connectivity index (χ3v) is 5.69. The maximum absolute atomic E-state index is 12.6. The molecule has 0 unspecified atom stereocenters. The SMILES string of the molecule is COc1ccc2[nH]c(=O)c(CN(CCO)C(=S)NCCc3ccc(OC)c(OC)c3)cc2c1. The monoisotopic (exact) mass is 471 g/mol. The lowest BCUT2D eigenvalue weighted by atomic mass is 10.1. The highest BCUT2D eigenvalue weighted by Crippen LogP contribution is 2.27. The lowest BCUT2D eigenvalue weighted by Crippen LogP contribution is -2.42. The van der Waals surface area contributed by atoms with Crippen LogP contribution >= 0.6 is 12.2 Å². The van der Waals surface area contributed by atoms with E-state index >= 15 is 0 Å². The number of aliphatic hydroxyl groups excluding tert-OH is 1. The van der Waals surface area contributed by atoms with Crippen molar-refractivity contribution in [1.82, 2.24) is 15.2 Å². The maximum Gasteiger partial charge on any atom is 0.253 e. The minimum Gasteiger partial charge on any atom is -0.497 e. The van der Waals surface area contributed by atoms with Gasteiger partial charge in [0.2, 0.25) is 0 Å². The molecule has 2 aromatic carbocycles. The van der Waals surface area contributed by atoms with Gasteiger partial charge in [0.15, 0.2) is 16.6 Å². The smallest absolute Gasteiger partial charge is 0.253 e. The predicted molar refractivity (Wildman–Crippen MR) is 132 cm³/mol. The Kier molecular flexibility index (Phi) is 8.51. The number of nitrogens with one attached hydrogen (secondary N) is 2. The van der Waals surface area contributed by atoms with Gasteiger partial charge in [-0.15, -0.1) is 0 Å². The molecule has 1 heterocycles. The molecule has 0 radical (unpaired) electrons. The zero-order valence-corrected chi connectivity index (χ0v) is 19.8. The van der Waals surface area contributed by atoms with E-state index in [4.69, 9.17) is 26.4 Å². The predicted octanol–water partition coefficient (Wildman–Crippen LogP) is 2.47. The summed E-state index contributed by atoms with van der Waals surface area (Å²) in [6, 6.07) is 13.1. The number of nitrogens with zero attached hydrogens (tertiary/aromatic N) is 1. The van der Waals surface area contributed by atoms with Crippen molar-refractivity contribution in [3.05, 3.63) is 63.9 Å². The number of pyridine rings is 1. The zero-order valence-electron chi connectivity index (χ0n) is 19.0. The highest BCUT2D eigenvalue weighted by molar-refractivity contribution is 7.80. The molecule has 0 atom stereocenters. The number of rotatable bonds is 10. The van der Waals surface area contributed by atoms with Gasteiger partial charge in [0.05, 0.1) is 34.5 Å². The Morgan fingerprint density at radius 2 is 1.85 bits per heavy atom. The van der Waals surface area contributed by atoms with Crippen LogP contribution in [-0.2, 0) is 13.0 Å². The number of H-pyrrole nitrogens is 1. The number of benzene rings is 2. The molecule has 0 fully saturated rings. The van der Waals surface area contributed by atoms with Gasteiger partial charge in [0.25, 0.3) is 5.56 Å². The molecule has 1 aromatic heterocycles. The average molecular weight is 472 g/mol. The van der Waals surface area contributed by atoms with E-state index < -0.39 is 0 Å². The second-order valence-electron chi connectivity index (χ2n) is 7.39. The number of hydrogen-bond donors (Lipinski definition) is 3. The van der Waals surface area contributed by atoms with E-state index in [1.54, 1.807) is 32.3 Å². The van der Waals surface area contributed by atoms with Crippen molar-refractivity contribution in [2.45, 2.75) is 13.0 Å². The third-order valence-electron chi connectivity index (χ3n) is 5.28. The molecule has 3 N–H and O–H groups in total. The van der Waals surface area contributed by atoms with Crippen LogP contribution in [0.25, 0.3) is 10.9 Å². The van der Waals surface area contributed by atoms with Crippen LogP contribution in [0.3, 0.4) is 0 Å². The van der Waals surface area contributed by atoms with Crippen LogP contribution in [0, 0.1) is 0 Å². The minimum absolute atomic E-state index is 0.0865. The summed E-state index contributed by atoms with van der Waals surface area (Å²) in [6.07, 6.45) is 0.712. The Bertz CT molecular complexity index is 1160. The number of methoxy groups -OCH3 is 3. The molecule has 3 rings (SSSR count). The number of ether oxygens (including phenoxy) is 3. The topological polar surface area (TPSA) is 96.1 Å². The highest BCUT2D eigenvalue weighted by atomic mass is 32.1. The summed E-state index contributed by atoms with van der Waals surface area (Å²) in [7, 11) is 4.81. The number of thiocarbonyl (C=S) groups is 1. The Morgan fingerprint density at radius 3 is 2.55 bits per heavy atom. The van der Waals surface area contributed by atoms with Gasteiger partial charge < -0.3 is 34.5 Å². The van der Waals surface area contributed by atoms with E-state index in [0.29, 0.717) is 47.4 Å². The van der Waals surface area contributed by atoms with E-state index in [1.165, 1.54) is 0 Å². The number of aromatic amines is 1. The first-order valence-corrected chi connectivity index (χ1v) is 10.9. The van der Waals surface area contributed by atoms with Gasteiger partial charge in [-0.3, -0.25) is 4.79 Å². The van der Waals surface area contributed by atoms with Gasteiger partial charge in [0.1, 0.15) is 5.75 Å². The quantitative estimate of drug-likeness (QED) is 0.388.